The van der Waals surface area contributed by atoms with Gasteiger partial charge in [-0.3, -0.25) is 19.3 Å². The molecular weight excluding hydrogens is 360 g/mol. The second-order valence-corrected chi connectivity index (χ2v) is 7.32. The molecule has 8 heteroatoms. The molecular formula is C17H14N2O4S2. The SMILES string of the molecule is Cc1ccc(O)c(NC(=O)CN2C(=O)S/C(=C\c3cccs3)C2=O)c1. The molecule has 1 aromatic carbocycles. The average molecular weight is 374 g/mol. The van der Waals surface area contributed by atoms with Gasteiger partial charge in [-0.2, -0.15) is 0 Å². The molecule has 1 aliphatic rings. The quantitative estimate of drug-likeness (QED) is 0.632. The fourth-order valence-electron chi connectivity index (χ4n) is 2.22. The molecule has 6 nitrogen and oxygen atoms in total. The van der Waals surface area contributed by atoms with Crippen LogP contribution in [0.25, 0.3) is 6.08 Å². The monoisotopic (exact) mass is 374 g/mol. The van der Waals surface area contributed by atoms with E-state index in [1.165, 1.54) is 17.4 Å². The minimum Gasteiger partial charge on any atom is -0.506 e. The number of thiophene rings is 1. The number of anilines is 1. The molecule has 1 aromatic heterocycles. The van der Waals surface area contributed by atoms with Gasteiger partial charge in [0.05, 0.1) is 10.6 Å². The molecule has 0 spiro atoms. The summed E-state index contributed by atoms with van der Waals surface area (Å²) in [6, 6.07) is 8.47. The van der Waals surface area contributed by atoms with Crippen molar-refractivity contribution in [3.8, 4) is 5.75 Å². The fraction of sp³-hybridized carbons (Fsp3) is 0.118. The van der Waals surface area contributed by atoms with Crippen molar-refractivity contribution in [2.45, 2.75) is 6.92 Å². The topological polar surface area (TPSA) is 86.7 Å². The second kappa shape index (κ2) is 7.12. The maximum Gasteiger partial charge on any atom is 0.294 e. The van der Waals surface area contributed by atoms with E-state index in [0.717, 1.165) is 27.1 Å². The Hall–Kier alpha value is -2.58. The number of aromatic hydroxyl groups is 1. The molecule has 2 heterocycles. The van der Waals surface area contributed by atoms with Crippen LogP contribution in [0.4, 0.5) is 10.5 Å². The maximum atomic E-state index is 12.3. The standard InChI is InChI=1S/C17H14N2O4S2/c1-10-4-5-13(20)12(7-10)18-15(21)9-19-16(22)14(25-17(19)23)8-11-3-2-6-24-11/h2-8,20H,9H2,1H3,(H,18,21)/b14-8-. The molecule has 0 saturated carbocycles. The van der Waals surface area contributed by atoms with Gasteiger partial charge in [-0.05, 0) is 53.9 Å². The van der Waals surface area contributed by atoms with Crippen molar-refractivity contribution in [3.63, 3.8) is 0 Å². The molecule has 128 valence electrons. The van der Waals surface area contributed by atoms with Crippen molar-refractivity contribution in [1.82, 2.24) is 4.90 Å². The summed E-state index contributed by atoms with van der Waals surface area (Å²) in [7, 11) is 0. The molecule has 2 N–H and O–H groups in total. The van der Waals surface area contributed by atoms with E-state index in [0.29, 0.717) is 4.91 Å². The first-order valence-corrected chi connectivity index (χ1v) is 9.02. The lowest BCUT2D eigenvalue weighted by Gasteiger charge is -2.13. The van der Waals surface area contributed by atoms with Gasteiger partial charge in [-0.1, -0.05) is 12.1 Å². The Kier molecular flexibility index (Phi) is 4.91. The number of imide groups is 1. The summed E-state index contributed by atoms with van der Waals surface area (Å²) >= 11 is 2.26. The average Bonchev–Trinajstić information content (AvgIpc) is 3.15. The van der Waals surface area contributed by atoms with Gasteiger partial charge >= 0.3 is 0 Å². The molecule has 1 aliphatic heterocycles. The zero-order valence-electron chi connectivity index (χ0n) is 13.2. The fourth-order valence-corrected chi connectivity index (χ4v) is 3.78. The number of aryl methyl sites for hydroxylation is 1. The van der Waals surface area contributed by atoms with Crippen molar-refractivity contribution in [2.75, 3.05) is 11.9 Å². The van der Waals surface area contributed by atoms with Crippen molar-refractivity contribution in [2.24, 2.45) is 0 Å². The van der Waals surface area contributed by atoms with Gasteiger partial charge in [0.15, 0.2) is 0 Å². The van der Waals surface area contributed by atoms with Crippen LogP contribution in [0.3, 0.4) is 0 Å². The lowest BCUT2D eigenvalue weighted by Crippen LogP contribution is -2.36. The minimum absolute atomic E-state index is 0.0781. The zero-order chi connectivity index (χ0) is 18.0. The van der Waals surface area contributed by atoms with Crippen LogP contribution in [-0.4, -0.2) is 33.6 Å². The number of hydrogen-bond donors (Lipinski definition) is 2. The molecule has 0 atom stereocenters. The molecule has 25 heavy (non-hydrogen) atoms. The van der Waals surface area contributed by atoms with Gasteiger partial charge < -0.3 is 10.4 Å². The third-order valence-electron chi connectivity index (χ3n) is 3.42. The Labute approximate surface area is 152 Å². The number of phenols is 1. The van der Waals surface area contributed by atoms with Gasteiger partial charge in [0.1, 0.15) is 12.3 Å². The lowest BCUT2D eigenvalue weighted by atomic mass is 10.2. The Balaban J connectivity index is 1.70. The second-order valence-electron chi connectivity index (χ2n) is 5.35. The molecule has 1 saturated heterocycles. The summed E-state index contributed by atoms with van der Waals surface area (Å²) in [6.07, 6.45) is 1.64. The Morgan fingerprint density at radius 3 is 2.84 bits per heavy atom. The van der Waals surface area contributed by atoms with E-state index in [9.17, 15) is 19.5 Å². The van der Waals surface area contributed by atoms with Gasteiger partial charge in [0.2, 0.25) is 5.91 Å². The van der Waals surface area contributed by atoms with Crippen molar-refractivity contribution in [1.29, 1.82) is 0 Å². The smallest absolute Gasteiger partial charge is 0.294 e. The highest BCUT2D eigenvalue weighted by molar-refractivity contribution is 8.18. The molecule has 3 amide bonds. The van der Waals surface area contributed by atoms with Crippen molar-refractivity contribution in [3.05, 3.63) is 51.1 Å². The number of hydrogen-bond acceptors (Lipinski definition) is 6. The van der Waals surface area contributed by atoms with Gasteiger partial charge in [-0.15, -0.1) is 11.3 Å². The predicted octanol–water partition coefficient (Wildman–Crippen LogP) is 3.44. The third-order valence-corrected chi connectivity index (χ3v) is 5.14. The number of carbonyl (C=O) groups excluding carboxylic acids is 3. The first-order chi connectivity index (χ1) is 11.9. The van der Waals surface area contributed by atoms with Crippen LogP contribution in [0.1, 0.15) is 10.4 Å². The van der Waals surface area contributed by atoms with E-state index < -0.39 is 23.6 Å². The summed E-state index contributed by atoms with van der Waals surface area (Å²) < 4.78 is 0. The number of thioether (sulfide) groups is 1. The summed E-state index contributed by atoms with van der Waals surface area (Å²) in [5, 5.41) is 13.7. The summed E-state index contributed by atoms with van der Waals surface area (Å²) in [4.78, 5) is 38.6. The van der Waals surface area contributed by atoms with Crippen LogP contribution in [-0.2, 0) is 9.59 Å². The minimum atomic E-state index is -0.555. The first kappa shape index (κ1) is 17.2. The Morgan fingerprint density at radius 1 is 1.32 bits per heavy atom. The number of benzene rings is 1. The van der Waals surface area contributed by atoms with Crippen LogP contribution in [0.2, 0.25) is 0 Å². The summed E-state index contributed by atoms with van der Waals surface area (Å²) in [6.45, 7) is 1.42. The zero-order valence-corrected chi connectivity index (χ0v) is 14.8. The van der Waals surface area contributed by atoms with Crippen LogP contribution >= 0.6 is 23.1 Å². The van der Waals surface area contributed by atoms with Gasteiger partial charge in [0.25, 0.3) is 11.1 Å². The van der Waals surface area contributed by atoms with Crippen LogP contribution < -0.4 is 5.32 Å². The van der Waals surface area contributed by atoms with E-state index in [4.69, 9.17) is 0 Å². The van der Waals surface area contributed by atoms with E-state index in [-0.39, 0.29) is 11.4 Å². The highest BCUT2D eigenvalue weighted by Gasteiger charge is 2.36. The molecule has 3 rings (SSSR count). The van der Waals surface area contributed by atoms with E-state index >= 15 is 0 Å². The van der Waals surface area contributed by atoms with Gasteiger partial charge in [-0.25, -0.2) is 0 Å². The van der Waals surface area contributed by atoms with Crippen molar-refractivity contribution >= 4 is 51.9 Å². The molecule has 0 unspecified atom stereocenters. The number of carbonyl (C=O) groups is 3. The van der Waals surface area contributed by atoms with Crippen LogP contribution in [0.5, 0.6) is 5.75 Å². The van der Waals surface area contributed by atoms with E-state index in [1.807, 2.05) is 24.4 Å². The first-order valence-electron chi connectivity index (χ1n) is 7.32. The number of amides is 3. The van der Waals surface area contributed by atoms with Crippen LogP contribution in [0.15, 0.2) is 40.6 Å². The normalized spacial score (nSPS) is 15.9. The Morgan fingerprint density at radius 2 is 2.12 bits per heavy atom. The summed E-state index contributed by atoms with van der Waals surface area (Å²) in [5.41, 5.74) is 1.10. The van der Waals surface area contributed by atoms with E-state index in [1.54, 1.807) is 18.2 Å². The number of rotatable bonds is 4. The maximum absolute atomic E-state index is 12.3. The third kappa shape index (κ3) is 3.92. The molecule has 0 bridgehead atoms. The largest absolute Gasteiger partial charge is 0.506 e. The highest BCUT2D eigenvalue weighted by Crippen LogP contribution is 2.33. The Bertz CT molecular complexity index is 875. The van der Waals surface area contributed by atoms with Gasteiger partial charge in [0, 0.05) is 4.88 Å². The number of phenolic OH excluding ortho intramolecular Hbond substituents is 1. The van der Waals surface area contributed by atoms with Crippen LogP contribution in [0, 0.1) is 6.92 Å². The number of nitrogens with one attached hydrogen (secondary N) is 1. The molecule has 0 aliphatic carbocycles. The van der Waals surface area contributed by atoms with E-state index in [2.05, 4.69) is 5.32 Å². The summed E-state index contributed by atoms with van der Waals surface area (Å²) in [5.74, 6) is -1.13. The number of nitrogens with zero attached hydrogens (tertiary/aromatic N) is 1. The molecule has 2 aromatic rings. The lowest BCUT2D eigenvalue weighted by molar-refractivity contribution is -0.127. The highest BCUT2D eigenvalue weighted by atomic mass is 32.2. The molecule has 0 radical (unpaired) electrons. The van der Waals surface area contributed by atoms with Crippen molar-refractivity contribution < 1.29 is 19.5 Å². The molecule has 1 fully saturated rings. The predicted molar refractivity (Wildman–Crippen MR) is 98.5 cm³/mol.